The van der Waals surface area contributed by atoms with E-state index in [2.05, 4.69) is 69.6 Å². The Kier molecular flexibility index (Phi) is 8.49. The monoisotopic (exact) mass is 551 g/mol. The molecule has 0 unspecified atom stereocenters. The Morgan fingerprint density at radius 2 is 1.74 bits per heavy atom. The Morgan fingerprint density at radius 3 is 2.50 bits per heavy atom. The molecule has 0 atom stereocenters. The molecule has 4 heterocycles. The molecule has 7 nitrogen and oxygen atoms in total. The maximum absolute atomic E-state index is 4.95. The standard InChI is InChI=1S/C35H33N7/c1-6-10-31(28-15-17-36-18-16-28)24(3)25(4)39-26(5)34-35-33(41-42-34)14-13-32(40-35)29-20-30(22-37-21-29)38-23(2)19-27-11-8-7-9-12-27/h6-18,20-22,38-39H,1-2,5,19H2,3-4H3,(H,41,42)/b25-24+,31-10+. The highest BCUT2D eigenvalue weighted by molar-refractivity contribution is 5.88. The fourth-order valence-electron chi connectivity index (χ4n) is 4.68. The van der Waals surface area contributed by atoms with Crippen molar-refractivity contribution in [1.82, 2.24) is 30.5 Å². The largest absolute Gasteiger partial charge is 0.358 e. The van der Waals surface area contributed by atoms with E-state index < -0.39 is 0 Å². The first kappa shape index (κ1) is 28.0. The summed E-state index contributed by atoms with van der Waals surface area (Å²) in [5.74, 6) is 0. The van der Waals surface area contributed by atoms with Gasteiger partial charge in [-0.3, -0.25) is 15.1 Å². The van der Waals surface area contributed by atoms with E-state index in [9.17, 15) is 0 Å². The number of aromatic nitrogens is 5. The number of hydrogen-bond acceptors (Lipinski definition) is 6. The third-order valence-corrected chi connectivity index (χ3v) is 6.89. The van der Waals surface area contributed by atoms with Crippen molar-refractivity contribution in [2.24, 2.45) is 0 Å². The molecule has 0 saturated heterocycles. The van der Waals surface area contributed by atoms with Gasteiger partial charge < -0.3 is 10.6 Å². The number of pyridine rings is 3. The summed E-state index contributed by atoms with van der Waals surface area (Å²) in [5.41, 5.74) is 11.5. The number of nitrogens with one attached hydrogen (secondary N) is 3. The van der Waals surface area contributed by atoms with Crippen molar-refractivity contribution < 1.29 is 0 Å². The van der Waals surface area contributed by atoms with Crippen LogP contribution in [0.2, 0.25) is 0 Å². The minimum atomic E-state index is 0.640. The molecule has 1 aromatic carbocycles. The number of benzene rings is 1. The van der Waals surface area contributed by atoms with E-state index in [0.717, 1.165) is 62.5 Å². The maximum atomic E-state index is 4.95. The number of aromatic amines is 1. The molecule has 3 N–H and O–H groups in total. The SMILES string of the molecule is C=C/C=C(\C(C)=C(/C)NC(=C)c1n[nH]c2ccc(-c3cncc(NC(=C)Cc4ccccc4)c3)nc12)c1ccncc1. The Bertz CT molecular complexity index is 1810. The number of rotatable bonds is 11. The predicted octanol–water partition coefficient (Wildman–Crippen LogP) is 7.71. The van der Waals surface area contributed by atoms with Gasteiger partial charge in [-0.15, -0.1) is 0 Å². The van der Waals surface area contributed by atoms with Crippen LogP contribution in [-0.2, 0) is 6.42 Å². The molecule has 5 rings (SSSR count). The number of fused-ring (bicyclic) bond motifs is 1. The third-order valence-electron chi connectivity index (χ3n) is 6.89. The van der Waals surface area contributed by atoms with Crippen molar-refractivity contribution in [3.05, 3.63) is 151 Å². The smallest absolute Gasteiger partial charge is 0.134 e. The second-order valence-electron chi connectivity index (χ2n) is 9.92. The molecule has 0 aliphatic carbocycles. The Labute approximate surface area is 246 Å². The number of anilines is 1. The molecule has 5 aromatic rings. The van der Waals surface area contributed by atoms with E-state index in [1.54, 1.807) is 30.9 Å². The fraction of sp³-hybridized carbons (Fsp3) is 0.0857. The average Bonchev–Trinajstić information content (AvgIpc) is 3.44. The first-order chi connectivity index (χ1) is 20.4. The van der Waals surface area contributed by atoms with Gasteiger partial charge in [-0.05, 0) is 66.5 Å². The number of allylic oxidation sites excluding steroid dienone is 6. The summed E-state index contributed by atoms with van der Waals surface area (Å²) in [4.78, 5) is 13.5. The highest BCUT2D eigenvalue weighted by Crippen LogP contribution is 2.28. The number of H-pyrrole nitrogens is 1. The van der Waals surface area contributed by atoms with Gasteiger partial charge in [0, 0.05) is 42.0 Å². The van der Waals surface area contributed by atoms with Crippen LogP contribution < -0.4 is 10.6 Å². The molecule has 42 heavy (non-hydrogen) atoms. The normalized spacial score (nSPS) is 12.0. The molecule has 0 fully saturated rings. The molecule has 0 aliphatic rings. The lowest BCUT2D eigenvalue weighted by atomic mass is 9.98. The molecule has 0 spiro atoms. The minimum Gasteiger partial charge on any atom is -0.358 e. The third kappa shape index (κ3) is 6.42. The van der Waals surface area contributed by atoms with Crippen LogP contribution in [0, 0.1) is 0 Å². The van der Waals surface area contributed by atoms with Gasteiger partial charge in [0.1, 0.15) is 11.2 Å². The molecule has 0 radical (unpaired) electrons. The van der Waals surface area contributed by atoms with Gasteiger partial charge in [-0.25, -0.2) is 4.98 Å². The van der Waals surface area contributed by atoms with Crippen molar-refractivity contribution in [3.8, 4) is 11.3 Å². The van der Waals surface area contributed by atoms with E-state index in [0.29, 0.717) is 11.4 Å². The zero-order valence-electron chi connectivity index (χ0n) is 23.9. The van der Waals surface area contributed by atoms with Gasteiger partial charge in [0.05, 0.1) is 28.8 Å². The van der Waals surface area contributed by atoms with Crippen LogP contribution >= 0.6 is 0 Å². The van der Waals surface area contributed by atoms with E-state index in [1.165, 1.54) is 5.56 Å². The number of hydrogen-bond donors (Lipinski definition) is 3. The van der Waals surface area contributed by atoms with Gasteiger partial charge in [0.2, 0.25) is 0 Å². The van der Waals surface area contributed by atoms with Crippen molar-refractivity contribution in [1.29, 1.82) is 0 Å². The molecule has 4 aromatic heterocycles. The molecular formula is C35H33N7. The average molecular weight is 552 g/mol. The lowest BCUT2D eigenvalue weighted by molar-refractivity contribution is 1.02. The summed E-state index contributed by atoms with van der Waals surface area (Å²) in [6.45, 7) is 16.4. The quantitative estimate of drug-likeness (QED) is 0.146. The van der Waals surface area contributed by atoms with Crippen LogP contribution in [-0.4, -0.2) is 25.1 Å². The van der Waals surface area contributed by atoms with Crippen molar-refractivity contribution in [3.63, 3.8) is 0 Å². The Balaban J connectivity index is 1.37. The Hall–Kier alpha value is -5.56. The van der Waals surface area contributed by atoms with E-state index in [4.69, 9.17) is 4.98 Å². The molecule has 0 bridgehead atoms. The molecule has 208 valence electrons. The molecule has 7 heteroatoms. The van der Waals surface area contributed by atoms with Crippen LogP contribution in [0.3, 0.4) is 0 Å². The van der Waals surface area contributed by atoms with Crippen molar-refractivity contribution >= 4 is 28.0 Å². The first-order valence-corrected chi connectivity index (χ1v) is 13.6. The second-order valence-corrected chi connectivity index (χ2v) is 9.92. The zero-order chi connectivity index (χ0) is 29.5. The van der Waals surface area contributed by atoms with Crippen LogP contribution in [0.15, 0.2) is 134 Å². The van der Waals surface area contributed by atoms with Crippen molar-refractivity contribution in [2.45, 2.75) is 20.3 Å². The number of nitrogens with zero attached hydrogens (tertiary/aromatic N) is 4. The van der Waals surface area contributed by atoms with E-state index in [1.807, 2.05) is 61.5 Å². The summed E-state index contributed by atoms with van der Waals surface area (Å²) < 4.78 is 0. The summed E-state index contributed by atoms with van der Waals surface area (Å²) >= 11 is 0. The summed E-state index contributed by atoms with van der Waals surface area (Å²) in [6, 6.07) is 20.1. The summed E-state index contributed by atoms with van der Waals surface area (Å²) in [6.07, 6.45) is 11.6. The Morgan fingerprint density at radius 1 is 0.952 bits per heavy atom. The highest BCUT2D eigenvalue weighted by Gasteiger charge is 2.15. The van der Waals surface area contributed by atoms with Crippen LogP contribution in [0.4, 0.5) is 5.69 Å². The molecule has 0 amide bonds. The van der Waals surface area contributed by atoms with E-state index in [-0.39, 0.29) is 0 Å². The second kappa shape index (κ2) is 12.7. The maximum Gasteiger partial charge on any atom is 0.134 e. The van der Waals surface area contributed by atoms with E-state index >= 15 is 0 Å². The zero-order valence-corrected chi connectivity index (χ0v) is 23.9. The van der Waals surface area contributed by atoms with Crippen LogP contribution in [0.5, 0.6) is 0 Å². The molecule has 0 saturated carbocycles. The first-order valence-electron chi connectivity index (χ1n) is 13.6. The van der Waals surface area contributed by atoms with Crippen molar-refractivity contribution in [2.75, 3.05) is 5.32 Å². The highest BCUT2D eigenvalue weighted by atomic mass is 15.1. The lowest BCUT2D eigenvalue weighted by Gasteiger charge is -2.15. The molecule has 0 aliphatic heterocycles. The topological polar surface area (TPSA) is 91.4 Å². The van der Waals surface area contributed by atoms with Gasteiger partial charge in [0.25, 0.3) is 0 Å². The molecular weight excluding hydrogens is 518 g/mol. The van der Waals surface area contributed by atoms with Gasteiger partial charge in [-0.1, -0.05) is 62.2 Å². The van der Waals surface area contributed by atoms with Crippen LogP contribution in [0.1, 0.15) is 30.7 Å². The van der Waals surface area contributed by atoms with Gasteiger partial charge >= 0.3 is 0 Å². The summed E-state index contributed by atoms with van der Waals surface area (Å²) in [7, 11) is 0. The summed E-state index contributed by atoms with van der Waals surface area (Å²) in [5, 5.41) is 14.4. The minimum absolute atomic E-state index is 0.640. The lowest BCUT2D eigenvalue weighted by Crippen LogP contribution is -2.12. The predicted molar refractivity (Wildman–Crippen MR) is 173 cm³/mol. The van der Waals surface area contributed by atoms with Crippen LogP contribution in [0.25, 0.3) is 33.6 Å². The van der Waals surface area contributed by atoms with Gasteiger partial charge in [0.15, 0.2) is 0 Å². The van der Waals surface area contributed by atoms with Gasteiger partial charge in [-0.2, -0.15) is 5.10 Å². The fourth-order valence-corrected chi connectivity index (χ4v) is 4.68.